The summed E-state index contributed by atoms with van der Waals surface area (Å²) < 4.78 is 13.1. The van der Waals surface area contributed by atoms with Crippen LogP contribution in [0.3, 0.4) is 0 Å². The Kier molecular flexibility index (Phi) is 4.06. The maximum Gasteiger partial charge on any atom is 0.258 e. The molecule has 6 nitrogen and oxygen atoms in total. The number of hydrogen-bond acceptors (Lipinski definition) is 4. The van der Waals surface area contributed by atoms with Gasteiger partial charge in [-0.15, -0.1) is 0 Å². The fourth-order valence-electron chi connectivity index (χ4n) is 2.49. The molecule has 0 atom stereocenters. The summed E-state index contributed by atoms with van der Waals surface area (Å²) >= 11 is 5.74. The van der Waals surface area contributed by atoms with Gasteiger partial charge in [0, 0.05) is 11.8 Å². The van der Waals surface area contributed by atoms with Gasteiger partial charge in [-0.1, -0.05) is 11.6 Å². The summed E-state index contributed by atoms with van der Waals surface area (Å²) in [4.78, 5) is 28.2. The minimum absolute atomic E-state index is 0.334. The van der Waals surface area contributed by atoms with Crippen LogP contribution in [0, 0.1) is 5.82 Å². The summed E-state index contributed by atoms with van der Waals surface area (Å²) in [6.07, 6.45) is 2.98. The molecule has 0 radical (unpaired) electrons. The molecular weight excluding hydrogens is 357 g/mol. The lowest BCUT2D eigenvalue weighted by molar-refractivity contribution is 0.102. The Morgan fingerprint density at radius 3 is 2.62 bits per heavy atom. The van der Waals surface area contributed by atoms with E-state index in [9.17, 15) is 9.18 Å². The number of hydrogen-bond donors (Lipinski definition) is 2. The number of carbonyl (C=O) groups is 1. The Bertz CT molecular complexity index is 1090. The molecular formula is C18H11ClFN5O. The molecule has 0 bridgehead atoms. The van der Waals surface area contributed by atoms with Crippen molar-refractivity contribution in [1.29, 1.82) is 0 Å². The number of H-pyrrole nitrogens is 1. The normalized spacial score (nSPS) is 10.8. The van der Waals surface area contributed by atoms with E-state index in [4.69, 9.17) is 11.6 Å². The molecule has 3 aromatic heterocycles. The number of rotatable bonds is 3. The van der Waals surface area contributed by atoms with Crippen molar-refractivity contribution in [3.05, 3.63) is 71.4 Å². The van der Waals surface area contributed by atoms with Crippen molar-refractivity contribution in [2.45, 2.75) is 0 Å². The summed E-state index contributed by atoms with van der Waals surface area (Å²) in [6.45, 7) is 0. The van der Waals surface area contributed by atoms with E-state index in [0.29, 0.717) is 39.0 Å². The third-order valence-electron chi connectivity index (χ3n) is 3.73. The highest BCUT2D eigenvalue weighted by atomic mass is 35.5. The molecule has 26 heavy (non-hydrogen) atoms. The van der Waals surface area contributed by atoms with Gasteiger partial charge in [-0.3, -0.25) is 4.79 Å². The quantitative estimate of drug-likeness (QED) is 0.535. The van der Waals surface area contributed by atoms with E-state index >= 15 is 0 Å². The molecule has 1 aromatic carbocycles. The number of amides is 1. The number of carbonyl (C=O) groups excluding carboxylic acids is 1. The molecule has 0 aliphatic carbocycles. The number of anilines is 1. The molecule has 128 valence electrons. The lowest BCUT2D eigenvalue weighted by atomic mass is 10.2. The molecule has 0 aliphatic heterocycles. The average Bonchev–Trinajstić information content (AvgIpc) is 3.08. The Morgan fingerprint density at radius 2 is 1.88 bits per heavy atom. The van der Waals surface area contributed by atoms with Gasteiger partial charge in [0.1, 0.15) is 22.3 Å². The summed E-state index contributed by atoms with van der Waals surface area (Å²) in [5.41, 5.74) is 2.45. The first kappa shape index (κ1) is 16.2. The van der Waals surface area contributed by atoms with Crippen LogP contribution >= 0.6 is 11.6 Å². The van der Waals surface area contributed by atoms with E-state index in [1.807, 2.05) is 0 Å². The molecule has 3 heterocycles. The van der Waals surface area contributed by atoms with Crippen molar-refractivity contribution in [2.75, 3.05) is 5.32 Å². The fourth-order valence-corrected chi connectivity index (χ4v) is 2.60. The minimum Gasteiger partial charge on any atom is -0.323 e. The van der Waals surface area contributed by atoms with E-state index in [-0.39, 0.29) is 11.7 Å². The van der Waals surface area contributed by atoms with Crippen LogP contribution in [0.2, 0.25) is 5.15 Å². The van der Waals surface area contributed by atoms with Crippen LogP contribution in [0.5, 0.6) is 0 Å². The predicted octanol–water partition coefficient (Wildman–Crippen LogP) is 4.06. The van der Waals surface area contributed by atoms with Crippen molar-refractivity contribution in [2.24, 2.45) is 0 Å². The van der Waals surface area contributed by atoms with E-state index < -0.39 is 0 Å². The number of nitrogens with one attached hydrogen (secondary N) is 2. The van der Waals surface area contributed by atoms with E-state index in [1.54, 1.807) is 30.3 Å². The molecule has 1 amide bonds. The first-order valence-corrected chi connectivity index (χ1v) is 8.01. The van der Waals surface area contributed by atoms with Crippen molar-refractivity contribution in [3.63, 3.8) is 0 Å². The molecule has 0 aliphatic rings. The Labute approximate surface area is 152 Å². The lowest BCUT2D eigenvalue weighted by Crippen LogP contribution is -2.12. The van der Waals surface area contributed by atoms with Gasteiger partial charge < -0.3 is 10.3 Å². The second-order valence-electron chi connectivity index (χ2n) is 5.47. The predicted molar refractivity (Wildman–Crippen MR) is 96.5 cm³/mol. The van der Waals surface area contributed by atoms with Gasteiger partial charge in [-0.05, 0) is 42.5 Å². The zero-order valence-electron chi connectivity index (χ0n) is 13.2. The summed E-state index contributed by atoms with van der Waals surface area (Å²) in [5, 5.41) is 3.08. The highest BCUT2D eigenvalue weighted by Crippen LogP contribution is 2.22. The van der Waals surface area contributed by atoms with Gasteiger partial charge in [0.2, 0.25) is 0 Å². The van der Waals surface area contributed by atoms with E-state index in [1.165, 1.54) is 24.5 Å². The molecule has 0 saturated heterocycles. The van der Waals surface area contributed by atoms with Crippen LogP contribution in [0.4, 0.5) is 10.1 Å². The molecule has 2 N–H and O–H groups in total. The summed E-state index contributed by atoms with van der Waals surface area (Å²) in [6, 6.07) is 10.7. The number of imidazole rings is 1. The van der Waals surface area contributed by atoms with Crippen LogP contribution in [0.1, 0.15) is 10.4 Å². The number of aromatic amines is 1. The average molecular weight is 368 g/mol. The van der Waals surface area contributed by atoms with Crippen LogP contribution in [0.15, 0.2) is 54.9 Å². The van der Waals surface area contributed by atoms with Gasteiger partial charge in [-0.2, -0.15) is 0 Å². The number of nitrogens with zero attached hydrogens (tertiary/aromatic N) is 3. The first-order valence-electron chi connectivity index (χ1n) is 7.64. The SMILES string of the molecule is O=C(Nc1ccc(Cl)nc1)c1ccnc2[nH]c(-c3ccc(F)cc3)nc12. The minimum atomic E-state index is -0.348. The third-order valence-corrected chi connectivity index (χ3v) is 3.96. The van der Waals surface area contributed by atoms with Crippen molar-refractivity contribution in [1.82, 2.24) is 19.9 Å². The summed E-state index contributed by atoms with van der Waals surface area (Å²) in [7, 11) is 0. The Morgan fingerprint density at radius 1 is 1.08 bits per heavy atom. The van der Waals surface area contributed by atoms with Crippen LogP contribution in [-0.4, -0.2) is 25.8 Å². The molecule has 0 fully saturated rings. The van der Waals surface area contributed by atoms with E-state index in [2.05, 4.69) is 25.3 Å². The van der Waals surface area contributed by atoms with Gasteiger partial charge in [-0.25, -0.2) is 19.3 Å². The monoisotopic (exact) mass is 367 g/mol. The molecule has 0 unspecified atom stereocenters. The number of aromatic nitrogens is 4. The van der Waals surface area contributed by atoms with Crippen LogP contribution in [0.25, 0.3) is 22.6 Å². The maximum absolute atomic E-state index is 13.1. The fraction of sp³-hybridized carbons (Fsp3) is 0. The standard InChI is InChI=1S/C18H11ClFN5O/c19-14-6-5-12(9-22-14)23-18(26)13-7-8-21-17-15(13)24-16(25-17)10-1-3-11(20)4-2-10/h1-9H,(H,23,26)(H,21,24,25). The van der Waals surface area contributed by atoms with Gasteiger partial charge in [0.05, 0.1) is 17.4 Å². The second kappa shape index (κ2) is 6.53. The summed E-state index contributed by atoms with van der Waals surface area (Å²) in [5.74, 6) is -0.181. The molecule has 0 saturated carbocycles. The Hall–Kier alpha value is -3.32. The van der Waals surface area contributed by atoms with E-state index in [0.717, 1.165) is 0 Å². The van der Waals surface area contributed by atoms with Gasteiger partial charge in [0.15, 0.2) is 5.65 Å². The van der Waals surface area contributed by atoms with Crippen molar-refractivity contribution >= 4 is 34.4 Å². The molecule has 4 aromatic rings. The maximum atomic E-state index is 13.1. The number of pyridine rings is 2. The van der Waals surface area contributed by atoms with Crippen LogP contribution < -0.4 is 5.32 Å². The number of fused-ring (bicyclic) bond motifs is 1. The van der Waals surface area contributed by atoms with Crippen molar-refractivity contribution < 1.29 is 9.18 Å². The number of benzene rings is 1. The number of halogens is 2. The molecule has 8 heteroatoms. The zero-order valence-corrected chi connectivity index (χ0v) is 14.0. The highest BCUT2D eigenvalue weighted by Gasteiger charge is 2.15. The topological polar surface area (TPSA) is 83.6 Å². The zero-order chi connectivity index (χ0) is 18.1. The molecule has 4 rings (SSSR count). The largest absolute Gasteiger partial charge is 0.323 e. The molecule has 0 spiro atoms. The Balaban J connectivity index is 1.70. The third kappa shape index (κ3) is 3.12. The van der Waals surface area contributed by atoms with Gasteiger partial charge >= 0.3 is 0 Å². The van der Waals surface area contributed by atoms with Gasteiger partial charge in [0.25, 0.3) is 5.91 Å². The second-order valence-corrected chi connectivity index (χ2v) is 5.86. The smallest absolute Gasteiger partial charge is 0.258 e. The van der Waals surface area contributed by atoms with Crippen molar-refractivity contribution in [3.8, 4) is 11.4 Å². The lowest BCUT2D eigenvalue weighted by Gasteiger charge is -2.05. The van der Waals surface area contributed by atoms with Crippen LogP contribution in [-0.2, 0) is 0 Å². The highest BCUT2D eigenvalue weighted by molar-refractivity contribution is 6.29. The first-order chi connectivity index (χ1) is 12.6.